The Morgan fingerprint density at radius 1 is 0.296 bits per heavy atom. The van der Waals surface area contributed by atoms with Crippen LogP contribution in [0.4, 0.5) is 0 Å². The molecule has 0 aromatic heterocycles. The summed E-state index contributed by atoms with van der Waals surface area (Å²) in [5, 5.41) is 10.6. The Labute approximate surface area is 593 Å². The van der Waals surface area contributed by atoms with Crippen molar-refractivity contribution in [2.24, 2.45) is 0 Å². The summed E-state index contributed by atoms with van der Waals surface area (Å²) in [7, 11) is -9.98. The SMILES string of the molecule is CC/C=C\C/C=C\C/C=C\C/C=C\C/C=C\CCCC(=O)OCC(COP(=O)(O)OCC(O)COP(=O)(O)OCC(COC(=O)CCCCCCC/C=C\C/C=C\CCCCC)OC(=O)CCCCCCCCCCCCC)OC(=O)CCCC/C=C\C/C=C\C/C=C\C/C=C\CC. The number of rotatable bonds is 69. The Balaban J connectivity index is 5.43. The fourth-order valence-corrected chi connectivity index (χ4v) is 11.0. The molecule has 0 aliphatic carbocycles. The zero-order chi connectivity index (χ0) is 71.8. The predicted molar refractivity (Wildman–Crippen MR) is 399 cm³/mol. The summed E-state index contributed by atoms with van der Waals surface area (Å²) in [6, 6.07) is 0. The van der Waals surface area contributed by atoms with Gasteiger partial charge in [0.05, 0.1) is 26.4 Å². The summed E-state index contributed by atoms with van der Waals surface area (Å²) in [6.07, 6.45) is 77.5. The van der Waals surface area contributed by atoms with Crippen LogP contribution in [0.1, 0.15) is 285 Å². The third-order valence-corrected chi connectivity index (χ3v) is 17.0. The third kappa shape index (κ3) is 69.7. The van der Waals surface area contributed by atoms with Crippen LogP contribution in [0.25, 0.3) is 0 Å². The highest BCUT2D eigenvalue weighted by Gasteiger charge is 2.30. The molecule has 0 aliphatic rings. The van der Waals surface area contributed by atoms with Gasteiger partial charge in [0.1, 0.15) is 19.3 Å². The van der Waals surface area contributed by atoms with Crippen LogP contribution in [0.5, 0.6) is 0 Å². The van der Waals surface area contributed by atoms with Crippen LogP contribution in [-0.2, 0) is 65.4 Å². The zero-order valence-corrected chi connectivity index (χ0v) is 62.7. The second-order valence-electron chi connectivity index (χ2n) is 24.5. The van der Waals surface area contributed by atoms with Gasteiger partial charge in [-0.25, -0.2) is 9.13 Å². The lowest BCUT2D eigenvalue weighted by Gasteiger charge is -2.21. The van der Waals surface area contributed by atoms with Crippen molar-refractivity contribution in [2.75, 3.05) is 39.6 Å². The maximum Gasteiger partial charge on any atom is 0.472 e. The van der Waals surface area contributed by atoms with Crippen molar-refractivity contribution in [1.82, 2.24) is 0 Å². The van der Waals surface area contributed by atoms with E-state index >= 15 is 0 Å². The van der Waals surface area contributed by atoms with Crippen molar-refractivity contribution in [2.45, 2.75) is 303 Å². The Morgan fingerprint density at radius 2 is 0.541 bits per heavy atom. The minimum absolute atomic E-state index is 0.0268. The number of aliphatic hydroxyl groups excluding tert-OH is 1. The van der Waals surface area contributed by atoms with Crippen molar-refractivity contribution in [1.29, 1.82) is 0 Å². The Kier molecular flexibility index (Phi) is 67.2. The highest BCUT2D eigenvalue weighted by molar-refractivity contribution is 7.47. The van der Waals surface area contributed by atoms with E-state index in [1.807, 2.05) is 12.2 Å². The number of hydrogen-bond acceptors (Lipinski definition) is 15. The summed E-state index contributed by atoms with van der Waals surface area (Å²) in [6.45, 7) is 4.47. The molecule has 17 nitrogen and oxygen atoms in total. The number of allylic oxidation sites excluding steroid dienone is 22. The largest absolute Gasteiger partial charge is 0.472 e. The molecular formula is C79H132O17P2. The first-order chi connectivity index (χ1) is 47.7. The number of unbranched alkanes of at least 4 members (excludes halogenated alkanes) is 21. The summed E-state index contributed by atoms with van der Waals surface area (Å²) >= 11 is 0. The Hall–Kier alpha value is -4.80. The average Bonchev–Trinajstić information content (AvgIpc) is 0.986. The van der Waals surface area contributed by atoms with Gasteiger partial charge in [-0.15, -0.1) is 0 Å². The Morgan fingerprint density at radius 3 is 0.898 bits per heavy atom. The molecule has 0 bridgehead atoms. The van der Waals surface area contributed by atoms with Crippen LogP contribution in [-0.4, -0.2) is 96.7 Å². The van der Waals surface area contributed by atoms with Crippen LogP contribution >= 0.6 is 15.6 Å². The van der Waals surface area contributed by atoms with Gasteiger partial charge in [-0.3, -0.25) is 37.3 Å². The van der Waals surface area contributed by atoms with Gasteiger partial charge in [-0.1, -0.05) is 258 Å². The van der Waals surface area contributed by atoms with Crippen molar-refractivity contribution in [3.8, 4) is 0 Å². The smallest absolute Gasteiger partial charge is 0.462 e. The molecule has 0 aromatic rings. The maximum absolute atomic E-state index is 13.1. The first kappa shape index (κ1) is 93.2. The second-order valence-corrected chi connectivity index (χ2v) is 27.4. The van der Waals surface area contributed by atoms with Gasteiger partial charge in [0.25, 0.3) is 0 Å². The molecule has 3 N–H and O–H groups in total. The van der Waals surface area contributed by atoms with E-state index in [9.17, 15) is 43.2 Å². The number of hydrogen-bond donors (Lipinski definition) is 3. The fraction of sp³-hybridized carbons (Fsp3) is 0.671. The summed E-state index contributed by atoms with van der Waals surface area (Å²) < 4.78 is 68.3. The third-order valence-electron chi connectivity index (χ3n) is 15.1. The molecule has 0 amide bonds. The Bertz CT molecular complexity index is 2380. The molecule has 0 saturated carbocycles. The van der Waals surface area contributed by atoms with E-state index in [0.29, 0.717) is 38.5 Å². The fourth-order valence-electron chi connectivity index (χ4n) is 9.45. The van der Waals surface area contributed by atoms with Crippen LogP contribution in [0.2, 0.25) is 0 Å². The number of phosphoric ester groups is 2. The first-order valence-corrected chi connectivity index (χ1v) is 40.4. The molecule has 0 aromatic carbocycles. The predicted octanol–water partition coefficient (Wildman–Crippen LogP) is 21.3. The highest BCUT2D eigenvalue weighted by atomic mass is 31.2. The van der Waals surface area contributed by atoms with Crippen molar-refractivity contribution in [3.63, 3.8) is 0 Å². The van der Waals surface area contributed by atoms with Crippen molar-refractivity contribution in [3.05, 3.63) is 134 Å². The topological polar surface area (TPSA) is 237 Å². The average molecular weight is 1420 g/mol. The minimum Gasteiger partial charge on any atom is -0.462 e. The number of ether oxygens (including phenoxy) is 4. The molecule has 19 heteroatoms. The minimum atomic E-state index is -5.00. The molecule has 0 aliphatic heterocycles. The zero-order valence-electron chi connectivity index (χ0n) is 60.9. The molecule has 0 rings (SSSR count). The summed E-state index contributed by atoms with van der Waals surface area (Å²) in [5.41, 5.74) is 0. The van der Waals surface area contributed by atoms with Gasteiger partial charge in [0, 0.05) is 25.7 Å². The van der Waals surface area contributed by atoms with Crippen LogP contribution < -0.4 is 0 Å². The highest BCUT2D eigenvalue weighted by Crippen LogP contribution is 2.45. The second kappa shape index (κ2) is 70.6. The van der Waals surface area contributed by atoms with E-state index in [2.05, 4.69) is 149 Å². The van der Waals surface area contributed by atoms with E-state index < -0.39 is 97.5 Å². The summed E-state index contributed by atoms with van der Waals surface area (Å²) in [5.74, 6) is -2.31. The van der Waals surface area contributed by atoms with E-state index in [1.165, 1.54) is 57.8 Å². The number of phosphoric acid groups is 2. The number of carbonyl (C=O) groups excluding carboxylic acids is 4. The van der Waals surface area contributed by atoms with E-state index in [-0.39, 0.29) is 25.7 Å². The van der Waals surface area contributed by atoms with Gasteiger partial charge < -0.3 is 33.8 Å². The molecule has 0 fully saturated rings. The normalized spacial score (nSPS) is 14.7. The molecule has 0 saturated heterocycles. The molecule has 560 valence electrons. The molecule has 0 radical (unpaired) electrons. The lowest BCUT2D eigenvalue weighted by Crippen LogP contribution is -2.30. The van der Waals surface area contributed by atoms with E-state index in [0.717, 1.165) is 135 Å². The van der Waals surface area contributed by atoms with Gasteiger partial charge in [-0.05, 0) is 135 Å². The quantitative estimate of drug-likeness (QED) is 0.0169. The molecular weight excluding hydrogens is 1280 g/mol. The van der Waals surface area contributed by atoms with Crippen molar-refractivity contribution < 1.29 is 80.2 Å². The van der Waals surface area contributed by atoms with Gasteiger partial charge in [0.15, 0.2) is 12.2 Å². The number of esters is 4. The van der Waals surface area contributed by atoms with Gasteiger partial charge in [0.2, 0.25) is 0 Å². The number of carbonyl (C=O) groups is 4. The van der Waals surface area contributed by atoms with Gasteiger partial charge in [-0.2, -0.15) is 0 Å². The van der Waals surface area contributed by atoms with E-state index in [1.54, 1.807) is 0 Å². The molecule has 98 heavy (non-hydrogen) atoms. The monoisotopic (exact) mass is 1410 g/mol. The molecule has 5 atom stereocenters. The van der Waals surface area contributed by atoms with E-state index in [4.69, 9.17) is 37.0 Å². The first-order valence-electron chi connectivity index (χ1n) is 37.4. The molecule has 0 heterocycles. The summed E-state index contributed by atoms with van der Waals surface area (Å²) in [4.78, 5) is 72.7. The lowest BCUT2D eigenvalue weighted by atomic mass is 10.1. The van der Waals surface area contributed by atoms with Crippen molar-refractivity contribution >= 4 is 39.5 Å². The number of aliphatic hydroxyl groups is 1. The standard InChI is InChI=1S/C79H132O17P2/c1-5-9-13-17-21-25-29-32-35-36-39-41-45-48-52-56-60-64-77(82)90-70-75(96-79(84)66-62-58-54-50-46-42-38-34-31-27-23-19-15-11-7-3)72-94-98(87,88)92-68-73(80)67-91-97(85,86)93-71-74(95-78(83)65-61-57-53-49-43-28-24-20-16-12-8-4)69-89-76(81)63-59-55-51-47-44-40-37-33-30-26-22-18-14-10-6-2/h9,11,13,15,21-23,25-27,32-35,37-39,41,46,48,50,52,73-75,80H,5-8,10,12,14,16-20,24,28-31,36,40,42-45,47,49,51,53-72H2,1-4H3,(H,85,86)(H,87,88)/b13-9-,15-11-,25-21-,26-22-,27-23-,35-32-,37-33-,38-34-,41-39-,50-46-,52-48-. The lowest BCUT2D eigenvalue weighted by molar-refractivity contribution is -0.161. The van der Waals surface area contributed by atoms with Crippen LogP contribution in [0.15, 0.2) is 134 Å². The van der Waals surface area contributed by atoms with Gasteiger partial charge >= 0.3 is 39.5 Å². The molecule has 5 unspecified atom stereocenters. The van der Waals surface area contributed by atoms with Crippen LogP contribution in [0, 0.1) is 0 Å². The maximum atomic E-state index is 13.1. The molecule has 0 spiro atoms. The van der Waals surface area contributed by atoms with Crippen LogP contribution in [0.3, 0.4) is 0 Å².